The number of nitriles is 1. The Morgan fingerprint density at radius 3 is 2.70 bits per heavy atom. The van der Waals surface area contributed by atoms with Crippen molar-refractivity contribution in [1.82, 2.24) is 9.55 Å². The van der Waals surface area contributed by atoms with Crippen molar-refractivity contribution in [2.45, 2.75) is 11.9 Å². The molecule has 104 valence electrons. The van der Waals surface area contributed by atoms with Crippen LogP contribution < -0.4 is 4.72 Å². The van der Waals surface area contributed by atoms with Gasteiger partial charge in [0.25, 0.3) is 10.0 Å². The Morgan fingerprint density at radius 2 is 2.15 bits per heavy atom. The Kier molecular flexibility index (Phi) is 3.46. The number of aryl methyl sites for hydroxylation is 2. The number of sulfonamides is 1. The van der Waals surface area contributed by atoms with Gasteiger partial charge in [-0.1, -0.05) is 6.07 Å². The first-order chi connectivity index (χ1) is 9.35. The number of hydrogen-bond donors (Lipinski definition) is 1. The van der Waals surface area contributed by atoms with Gasteiger partial charge in [-0.3, -0.25) is 4.72 Å². The van der Waals surface area contributed by atoms with E-state index in [-0.39, 0.29) is 16.3 Å². The number of imidazole rings is 1. The van der Waals surface area contributed by atoms with Crippen molar-refractivity contribution in [2.24, 2.45) is 7.05 Å². The number of nitrogens with zero attached hydrogens (tertiary/aromatic N) is 3. The summed E-state index contributed by atoms with van der Waals surface area (Å²) in [6.07, 6.45) is 1.34. The SMILES string of the molecule is Cc1nc(S(=O)(=O)Nc2cccc(F)c2C#N)cn1C. The van der Waals surface area contributed by atoms with Crippen molar-refractivity contribution < 1.29 is 12.8 Å². The van der Waals surface area contributed by atoms with Crippen molar-refractivity contribution >= 4 is 15.7 Å². The van der Waals surface area contributed by atoms with Crippen LogP contribution in [0.15, 0.2) is 29.4 Å². The van der Waals surface area contributed by atoms with Crippen LogP contribution in [0.1, 0.15) is 11.4 Å². The van der Waals surface area contributed by atoms with Gasteiger partial charge in [0.2, 0.25) is 0 Å². The molecule has 1 aromatic carbocycles. The fraction of sp³-hybridized carbons (Fsp3) is 0.167. The first kappa shape index (κ1) is 14.0. The van der Waals surface area contributed by atoms with E-state index in [2.05, 4.69) is 9.71 Å². The zero-order valence-electron chi connectivity index (χ0n) is 10.8. The molecule has 0 amide bonds. The zero-order chi connectivity index (χ0) is 14.9. The van der Waals surface area contributed by atoms with Crippen molar-refractivity contribution in [3.05, 3.63) is 41.6 Å². The monoisotopic (exact) mass is 294 g/mol. The molecule has 0 bridgehead atoms. The topological polar surface area (TPSA) is 87.8 Å². The van der Waals surface area contributed by atoms with Crippen LogP contribution in [0.5, 0.6) is 0 Å². The maximum atomic E-state index is 13.4. The summed E-state index contributed by atoms with van der Waals surface area (Å²) in [7, 11) is -2.31. The first-order valence-electron chi connectivity index (χ1n) is 5.56. The summed E-state index contributed by atoms with van der Waals surface area (Å²) in [5, 5.41) is 8.68. The minimum absolute atomic E-state index is 0.115. The second-order valence-electron chi connectivity index (χ2n) is 4.12. The highest BCUT2D eigenvalue weighted by Crippen LogP contribution is 2.21. The van der Waals surface area contributed by atoms with Crippen molar-refractivity contribution in [1.29, 1.82) is 5.26 Å². The molecule has 0 aliphatic carbocycles. The van der Waals surface area contributed by atoms with Gasteiger partial charge < -0.3 is 4.57 Å². The average molecular weight is 294 g/mol. The smallest absolute Gasteiger partial charge is 0.280 e. The fourth-order valence-corrected chi connectivity index (χ4v) is 2.69. The van der Waals surface area contributed by atoms with E-state index in [9.17, 15) is 12.8 Å². The third-order valence-corrected chi connectivity index (χ3v) is 3.97. The molecule has 0 unspecified atom stereocenters. The molecule has 1 aromatic heterocycles. The molecule has 6 nitrogen and oxygen atoms in total. The number of aromatic nitrogens is 2. The number of rotatable bonds is 3. The number of anilines is 1. The molecule has 1 heterocycles. The highest BCUT2D eigenvalue weighted by Gasteiger charge is 2.20. The quantitative estimate of drug-likeness (QED) is 0.930. The molecule has 0 radical (unpaired) electrons. The summed E-state index contributed by atoms with van der Waals surface area (Å²) in [4.78, 5) is 3.89. The Balaban J connectivity index is 2.44. The van der Waals surface area contributed by atoms with E-state index < -0.39 is 15.8 Å². The van der Waals surface area contributed by atoms with Crippen molar-refractivity contribution in [3.63, 3.8) is 0 Å². The van der Waals surface area contributed by atoms with Gasteiger partial charge in [0.05, 0.1) is 5.69 Å². The van der Waals surface area contributed by atoms with Crippen molar-refractivity contribution in [3.8, 4) is 6.07 Å². The third kappa shape index (κ3) is 2.48. The first-order valence-corrected chi connectivity index (χ1v) is 7.05. The number of halogens is 1. The Morgan fingerprint density at radius 1 is 1.45 bits per heavy atom. The lowest BCUT2D eigenvalue weighted by Crippen LogP contribution is -2.14. The van der Waals surface area contributed by atoms with Gasteiger partial charge in [0, 0.05) is 13.2 Å². The fourth-order valence-electron chi connectivity index (χ4n) is 1.58. The molecule has 8 heteroatoms. The van der Waals surface area contributed by atoms with E-state index >= 15 is 0 Å². The van der Waals surface area contributed by atoms with Crippen LogP contribution in [0.4, 0.5) is 10.1 Å². The molecule has 2 aromatic rings. The Labute approximate surface area is 115 Å². The summed E-state index contributed by atoms with van der Waals surface area (Å²) in [6.45, 7) is 1.65. The van der Waals surface area contributed by atoms with E-state index in [1.165, 1.54) is 18.3 Å². The van der Waals surface area contributed by atoms with Crippen LogP contribution in [0.25, 0.3) is 0 Å². The molecule has 20 heavy (non-hydrogen) atoms. The molecule has 0 aliphatic rings. The number of hydrogen-bond acceptors (Lipinski definition) is 4. The number of benzene rings is 1. The van der Waals surface area contributed by atoms with Crippen LogP contribution >= 0.6 is 0 Å². The molecule has 0 saturated carbocycles. The lowest BCUT2D eigenvalue weighted by atomic mass is 10.2. The minimum atomic E-state index is -3.96. The lowest BCUT2D eigenvalue weighted by Gasteiger charge is -2.07. The maximum Gasteiger partial charge on any atom is 0.280 e. The van der Waals surface area contributed by atoms with Crippen LogP contribution in [-0.2, 0) is 17.1 Å². The van der Waals surface area contributed by atoms with Crippen LogP contribution in [0, 0.1) is 24.1 Å². The van der Waals surface area contributed by atoms with Crippen molar-refractivity contribution in [2.75, 3.05) is 4.72 Å². The van der Waals surface area contributed by atoms with Gasteiger partial charge in [0.15, 0.2) is 5.03 Å². The Bertz CT molecular complexity index is 786. The summed E-state index contributed by atoms with van der Waals surface area (Å²) >= 11 is 0. The molecular formula is C12H11FN4O2S. The van der Waals surface area contributed by atoms with E-state index in [1.807, 2.05) is 0 Å². The van der Waals surface area contributed by atoms with Crippen LogP contribution in [0.3, 0.4) is 0 Å². The molecule has 0 atom stereocenters. The molecule has 0 saturated heterocycles. The summed E-state index contributed by atoms with van der Waals surface area (Å²) in [6, 6.07) is 5.34. The second kappa shape index (κ2) is 4.94. The zero-order valence-corrected chi connectivity index (χ0v) is 11.6. The standard InChI is InChI=1S/C12H11FN4O2S/c1-8-15-12(7-17(8)2)20(18,19)16-11-5-3-4-10(13)9(11)6-14/h3-5,7,16H,1-2H3. The molecule has 1 N–H and O–H groups in total. The van der Waals surface area contributed by atoms with E-state index in [1.54, 1.807) is 24.6 Å². The van der Waals surface area contributed by atoms with Gasteiger partial charge in [-0.2, -0.15) is 13.7 Å². The van der Waals surface area contributed by atoms with Gasteiger partial charge >= 0.3 is 0 Å². The highest BCUT2D eigenvalue weighted by molar-refractivity contribution is 7.92. The maximum absolute atomic E-state index is 13.4. The molecule has 2 rings (SSSR count). The van der Waals surface area contributed by atoms with E-state index in [0.29, 0.717) is 5.82 Å². The van der Waals surface area contributed by atoms with Crippen LogP contribution in [-0.4, -0.2) is 18.0 Å². The molecule has 0 spiro atoms. The molecular weight excluding hydrogens is 283 g/mol. The largest absolute Gasteiger partial charge is 0.337 e. The predicted molar refractivity (Wildman–Crippen MR) is 69.9 cm³/mol. The third-order valence-electron chi connectivity index (χ3n) is 2.73. The van der Waals surface area contributed by atoms with Gasteiger partial charge in [-0.25, -0.2) is 9.37 Å². The average Bonchev–Trinajstić information content (AvgIpc) is 2.70. The number of nitrogens with one attached hydrogen (secondary N) is 1. The minimum Gasteiger partial charge on any atom is -0.337 e. The highest BCUT2D eigenvalue weighted by atomic mass is 32.2. The summed E-state index contributed by atoms with van der Waals surface area (Å²) in [5.74, 6) is -0.268. The normalized spacial score (nSPS) is 11.1. The molecule has 0 aliphatic heterocycles. The molecule has 0 fully saturated rings. The summed E-state index contributed by atoms with van der Waals surface area (Å²) < 4.78 is 41.4. The Hall–Kier alpha value is -2.40. The predicted octanol–water partition coefficient (Wildman–Crippen LogP) is 1.54. The van der Waals surface area contributed by atoms with Gasteiger partial charge in [-0.15, -0.1) is 0 Å². The van der Waals surface area contributed by atoms with Gasteiger partial charge in [0.1, 0.15) is 23.3 Å². The van der Waals surface area contributed by atoms with Gasteiger partial charge in [-0.05, 0) is 19.1 Å². The van der Waals surface area contributed by atoms with Crippen LogP contribution in [0.2, 0.25) is 0 Å². The lowest BCUT2D eigenvalue weighted by molar-refractivity contribution is 0.597. The summed E-state index contributed by atoms with van der Waals surface area (Å²) in [5.41, 5.74) is -0.473. The second-order valence-corrected chi connectivity index (χ2v) is 5.75. The van der Waals surface area contributed by atoms with E-state index in [0.717, 1.165) is 6.07 Å². The van der Waals surface area contributed by atoms with E-state index in [4.69, 9.17) is 5.26 Å².